The number of likely N-dealkylation sites (tertiary alicyclic amines) is 1. The second-order valence-corrected chi connectivity index (χ2v) is 5.90. The summed E-state index contributed by atoms with van der Waals surface area (Å²) < 4.78 is 10.7. The first-order chi connectivity index (χ1) is 12.2. The van der Waals surface area contributed by atoms with Crippen LogP contribution in [0, 0.1) is 11.3 Å². The molecule has 25 heavy (non-hydrogen) atoms. The molecule has 1 aromatic heterocycles. The Morgan fingerprint density at radius 3 is 3.12 bits per heavy atom. The zero-order valence-electron chi connectivity index (χ0n) is 14.0. The molecular weight excluding hydrogens is 320 g/mol. The molecule has 0 aliphatic carbocycles. The van der Waals surface area contributed by atoms with Crippen molar-refractivity contribution >= 4 is 5.91 Å². The van der Waals surface area contributed by atoms with Gasteiger partial charge in [0, 0.05) is 32.5 Å². The Hall–Kier alpha value is -2.85. The molecule has 1 fully saturated rings. The van der Waals surface area contributed by atoms with Gasteiger partial charge in [-0.2, -0.15) is 5.26 Å². The minimum absolute atomic E-state index is 0.00402. The lowest BCUT2D eigenvalue weighted by molar-refractivity contribution is -0.131. The van der Waals surface area contributed by atoms with Crippen LogP contribution in [0.4, 0.5) is 0 Å². The van der Waals surface area contributed by atoms with Crippen LogP contribution < -0.4 is 4.74 Å². The van der Waals surface area contributed by atoms with Crippen LogP contribution in [0.3, 0.4) is 0 Å². The number of H-pyrrole nitrogens is 1. The van der Waals surface area contributed by atoms with Gasteiger partial charge in [0.2, 0.25) is 5.91 Å². The average Bonchev–Trinajstić information content (AvgIpc) is 3.29. The number of hydrogen-bond acceptors (Lipinski definition) is 5. The van der Waals surface area contributed by atoms with Crippen molar-refractivity contribution in [3.63, 3.8) is 0 Å². The van der Waals surface area contributed by atoms with Gasteiger partial charge < -0.3 is 19.4 Å². The summed E-state index contributed by atoms with van der Waals surface area (Å²) >= 11 is 0. The Labute approximate surface area is 146 Å². The number of hydrogen-bond donors (Lipinski definition) is 1. The molecule has 0 radical (unpaired) electrons. The van der Waals surface area contributed by atoms with Gasteiger partial charge in [0.05, 0.1) is 18.6 Å². The smallest absolute Gasteiger partial charge is 0.227 e. The van der Waals surface area contributed by atoms with E-state index in [4.69, 9.17) is 14.7 Å². The maximum absolute atomic E-state index is 12.8. The van der Waals surface area contributed by atoms with Gasteiger partial charge in [-0.05, 0) is 17.7 Å². The molecule has 1 saturated heterocycles. The van der Waals surface area contributed by atoms with E-state index < -0.39 is 0 Å². The van der Waals surface area contributed by atoms with Crippen LogP contribution in [0.25, 0.3) is 0 Å². The first kappa shape index (κ1) is 17.0. The van der Waals surface area contributed by atoms with E-state index in [1.165, 1.54) is 0 Å². The van der Waals surface area contributed by atoms with E-state index in [0.29, 0.717) is 12.3 Å². The zero-order chi connectivity index (χ0) is 17.6. The Balaban J connectivity index is 1.72. The number of carbonyl (C=O) groups excluding carboxylic acids is 1. The van der Waals surface area contributed by atoms with Gasteiger partial charge in [0.25, 0.3) is 0 Å². The molecule has 3 rings (SSSR count). The Morgan fingerprint density at radius 2 is 2.40 bits per heavy atom. The number of nitrogens with zero attached hydrogens (tertiary/aromatic N) is 3. The summed E-state index contributed by atoms with van der Waals surface area (Å²) in [4.78, 5) is 22.1. The fraction of sp³-hybridized carbons (Fsp3) is 0.389. The summed E-state index contributed by atoms with van der Waals surface area (Å²) in [6.45, 7) is 0.533. The predicted octanol–water partition coefficient (Wildman–Crippen LogP) is 1.84. The number of imidazole rings is 1. The lowest BCUT2D eigenvalue weighted by Crippen LogP contribution is -2.33. The highest BCUT2D eigenvalue weighted by molar-refractivity contribution is 5.79. The predicted molar refractivity (Wildman–Crippen MR) is 89.7 cm³/mol. The minimum atomic E-state index is -0.106. The molecule has 0 saturated carbocycles. The fourth-order valence-electron chi connectivity index (χ4n) is 3.10. The normalized spacial score (nSPS) is 19.6. The van der Waals surface area contributed by atoms with Crippen LogP contribution >= 0.6 is 0 Å². The van der Waals surface area contributed by atoms with Crippen LogP contribution in [0.5, 0.6) is 5.75 Å². The van der Waals surface area contributed by atoms with E-state index in [9.17, 15) is 4.79 Å². The number of nitrogens with one attached hydrogen (secondary N) is 1. The van der Waals surface area contributed by atoms with Gasteiger partial charge in [-0.25, -0.2) is 4.98 Å². The summed E-state index contributed by atoms with van der Waals surface area (Å²) in [5.74, 6) is 1.38. The second-order valence-electron chi connectivity index (χ2n) is 5.90. The molecule has 1 N–H and O–H groups in total. The van der Waals surface area contributed by atoms with Crippen LogP contribution in [0.2, 0.25) is 0 Å². The topological polar surface area (TPSA) is 91.2 Å². The van der Waals surface area contributed by atoms with E-state index in [1.807, 2.05) is 23.1 Å². The van der Waals surface area contributed by atoms with Crippen LogP contribution in [0.15, 0.2) is 36.7 Å². The van der Waals surface area contributed by atoms with E-state index in [-0.39, 0.29) is 31.1 Å². The molecule has 1 aliphatic heterocycles. The second kappa shape index (κ2) is 7.81. The number of amides is 1. The third-order valence-corrected chi connectivity index (χ3v) is 4.31. The summed E-state index contributed by atoms with van der Waals surface area (Å²) in [5.41, 5.74) is 0.847. The van der Waals surface area contributed by atoms with Gasteiger partial charge >= 0.3 is 0 Å². The van der Waals surface area contributed by atoms with Crippen molar-refractivity contribution in [2.24, 2.45) is 0 Å². The molecule has 1 aromatic carbocycles. The highest BCUT2D eigenvalue weighted by atomic mass is 16.5. The van der Waals surface area contributed by atoms with Crippen molar-refractivity contribution < 1.29 is 14.3 Å². The summed E-state index contributed by atoms with van der Waals surface area (Å²) in [7, 11) is 1.66. The molecule has 130 valence electrons. The molecule has 0 bridgehead atoms. The highest BCUT2D eigenvalue weighted by Crippen LogP contribution is 2.32. The first-order valence-electron chi connectivity index (χ1n) is 8.11. The van der Waals surface area contributed by atoms with E-state index in [0.717, 1.165) is 17.8 Å². The third-order valence-electron chi connectivity index (χ3n) is 4.31. The lowest BCUT2D eigenvalue weighted by Gasteiger charge is -2.23. The molecule has 2 heterocycles. The average molecular weight is 340 g/mol. The van der Waals surface area contributed by atoms with Crippen LogP contribution in [-0.2, 0) is 16.0 Å². The number of methoxy groups -OCH3 is 1. The summed E-state index contributed by atoms with van der Waals surface area (Å²) in [6, 6.07) is 9.09. The van der Waals surface area contributed by atoms with Crippen LogP contribution in [0.1, 0.15) is 23.9 Å². The molecule has 1 amide bonds. The number of carbonyl (C=O) groups is 1. The fourth-order valence-corrected chi connectivity index (χ4v) is 3.10. The number of aromatic nitrogens is 2. The van der Waals surface area contributed by atoms with Crippen molar-refractivity contribution in [2.45, 2.75) is 25.0 Å². The molecular formula is C18H20N4O3. The van der Waals surface area contributed by atoms with Gasteiger partial charge in [-0.1, -0.05) is 12.1 Å². The minimum Gasteiger partial charge on any atom is -0.479 e. The quantitative estimate of drug-likeness (QED) is 0.866. The summed E-state index contributed by atoms with van der Waals surface area (Å²) in [5, 5.41) is 8.60. The van der Waals surface area contributed by atoms with Crippen molar-refractivity contribution in [2.75, 3.05) is 20.3 Å². The van der Waals surface area contributed by atoms with Crippen LogP contribution in [-0.4, -0.2) is 47.1 Å². The molecule has 7 nitrogen and oxygen atoms in total. The van der Waals surface area contributed by atoms with Gasteiger partial charge in [0.15, 0.2) is 6.61 Å². The molecule has 2 aromatic rings. The largest absolute Gasteiger partial charge is 0.479 e. The van der Waals surface area contributed by atoms with E-state index in [1.54, 1.807) is 31.6 Å². The highest BCUT2D eigenvalue weighted by Gasteiger charge is 2.37. The standard InChI is InChI=1S/C18H20N4O3/c1-24-15-11-16(18-20-6-7-21-18)22(12-15)17(23)10-13-3-2-4-14(9-13)25-8-5-19/h2-4,6-7,9,15-16H,8,10-12H2,1H3,(H,20,21)/t15-,16?/m1/s1. The Bertz CT molecular complexity index is 754. The van der Waals surface area contributed by atoms with Gasteiger partial charge in [-0.3, -0.25) is 4.79 Å². The van der Waals surface area contributed by atoms with Gasteiger partial charge in [-0.15, -0.1) is 0 Å². The maximum Gasteiger partial charge on any atom is 0.227 e. The molecule has 2 atom stereocenters. The molecule has 1 unspecified atom stereocenters. The van der Waals surface area contributed by atoms with Crippen molar-refractivity contribution in [3.05, 3.63) is 48.0 Å². The third kappa shape index (κ3) is 3.98. The van der Waals surface area contributed by atoms with Gasteiger partial charge in [0.1, 0.15) is 17.6 Å². The first-order valence-corrected chi connectivity index (χ1v) is 8.11. The van der Waals surface area contributed by atoms with E-state index >= 15 is 0 Å². The molecule has 0 spiro atoms. The molecule has 1 aliphatic rings. The summed E-state index contributed by atoms with van der Waals surface area (Å²) in [6.07, 6.45) is 4.44. The SMILES string of the molecule is CO[C@@H]1CC(c2ncc[nH]2)N(C(=O)Cc2cccc(OCC#N)c2)C1. The zero-order valence-corrected chi connectivity index (χ0v) is 14.0. The Morgan fingerprint density at radius 1 is 1.52 bits per heavy atom. The lowest BCUT2D eigenvalue weighted by atomic mass is 10.1. The maximum atomic E-state index is 12.8. The molecule has 7 heteroatoms. The van der Waals surface area contributed by atoms with Crippen molar-refractivity contribution in [1.29, 1.82) is 5.26 Å². The number of rotatable bonds is 6. The van der Waals surface area contributed by atoms with Crippen molar-refractivity contribution in [1.82, 2.24) is 14.9 Å². The van der Waals surface area contributed by atoms with Crippen molar-refractivity contribution in [3.8, 4) is 11.8 Å². The number of aromatic amines is 1. The number of ether oxygens (including phenoxy) is 2. The van der Waals surface area contributed by atoms with E-state index in [2.05, 4.69) is 9.97 Å². The number of nitriles is 1. The number of benzene rings is 1. The Kier molecular flexibility index (Phi) is 5.31. The monoisotopic (exact) mass is 340 g/mol.